The lowest BCUT2D eigenvalue weighted by Gasteiger charge is -2.34. The normalized spacial score (nSPS) is 26.1. The fraction of sp³-hybridized carbons (Fsp3) is 0.531. The van der Waals surface area contributed by atoms with Crippen LogP contribution in [0.2, 0.25) is 0 Å². The van der Waals surface area contributed by atoms with Crippen LogP contribution in [0.3, 0.4) is 0 Å². The third-order valence-electron chi connectivity index (χ3n) is 9.35. The van der Waals surface area contributed by atoms with Crippen molar-refractivity contribution < 1.29 is 24.1 Å². The van der Waals surface area contributed by atoms with Gasteiger partial charge in [0.25, 0.3) is 0 Å². The maximum Gasteiger partial charge on any atom is 0.335 e. The van der Waals surface area contributed by atoms with E-state index in [1.54, 1.807) is 6.07 Å². The minimum Gasteiger partial charge on any atom is -0.490 e. The summed E-state index contributed by atoms with van der Waals surface area (Å²) in [5, 5.41) is 11.1. The molecule has 0 bridgehead atoms. The summed E-state index contributed by atoms with van der Waals surface area (Å²) in [5.74, 6) is 0.879. The molecule has 206 valence electrons. The van der Waals surface area contributed by atoms with Gasteiger partial charge in [0.05, 0.1) is 37.6 Å². The Labute approximate surface area is 229 Å². The Kier molecular flexibility index (Phi) is 6.61. The zero-order valence-corrected chi connectivity index (χ0v) is 22.6. The van der Waals surface area contributed by atoms with Gasteiger partial charge in [-0.2, -0.15) is 0 Å². The molecule has 3 fully saturated rings. The van der Waals surface area contributed by atoms with Gasteiger partial charge in [-0.15, -0.1) is 0 Å². The first kappa shape index (κ1) is 25.1. The molecule has 1 aromatic heterocycles. The average molecular weight is 531 g/mol. The average Bonchev–Trinajstić information content (AvgIpc) is 3.50. The van der Waals surface area contributed by atoms with E-state index < -0.39 is 11.6 Å². The highest BCUT2D eigenvalue weighted by Gasteiger charge is 2.44. The number of aromatic nitrogens is 1. The van der Waals surface area contributed by atoms with E-state index in [1.165, 1.54) is 48.7 Å². The number of hydrogen-bond acceptors (Lipinski definition) is 5. The number of carbonyl (C=O) groups is 1. The van der Waals surface area contributed by atoms with Crippen LogP contribution in [0.1, 0.15) is 60.4 Å². The predicted molar refractivity (Wildman–Crippen MR) is 150 cm³/mol. The number of ether oxygens (including phenoxy) is 3. The molecular weight excluding hydrogens is 492 g/mol. The van der Waals surface area contributed by atoms with Gasteiger partial charge < -0.3 is 23.9 Å². The van der Waals surface area contributed by atoms with Crippen LogP contribution in [0.25, 0.3) is 22.2 Å². The van der Waals surface area contributed by atoms with Gasteiger partial charge in [0.1, 0.15) is 18.0 Å². The molecule has 2 aromatic carbocycles. The van der Waals surface area contributed by atoms with Gasteiger partial charge in [-0.25, -0.2) is 4.79 Å². The van der Waals surface area contributed by atoms with Crippen LogP contribution in [0, 0.1) is 5.92 Å². The number of para-hydroxylation sites is 1. The Morgan fingerprint density at radius 2 is 1.87 bits per heavy atom. The summed E-state index contributed by atoms with van der Waals surface area (Å²) in [6, 6.07) is 14.1. The first-order valence-corrected chi connectivity index (χ1v) is 14.7. The summed E-state index contributed by atoms with van der Waals surface area (Å²) in [7, 11) is 0. The van der Waals surface area contributed by atoms with E-state index in [4.69, 9.17) is 14.2 Å². The molecule has 1 spiro atoms. The number of carboxylic acid groups (broad SMARTS) is 1. The first-order chi connectivity index (χ1) is 19.1. The Hall–Kier alpha value is -2.87. The second-order valence-electron chi connectivity index (χ2n) is 12.0. The number of rotatable bonds is 4. The van der Waals surface area contributed by atoms with E-state index in [2.05, 4.69) is 27.7 Å². The van der Waals surface area contributed by atoms with Crippen molar-refractivity contribution in [3.05, 3.63) is 53.6 Å². The van der Waals surface area contributed by atoms with Crippen LogP contribution in [0.4, 0.5) is 0 Å². The number of benzene rings is 2. The molecule has 1 saturated carbocycles. The van der Waals surface area contributed by atoms with Crippen molar-refractivity contribution in [1.29, 1.82) is 0 Å². The highest BCUT2D eigenvalue weighted by atomic mass is 16.5. The number of aromatic carboxylic acids is 1. The van der Waals surface area contributed by atoms with E-state index >= 15 is 0 Å². The molecule has 39 heavy (non-hydrogen) atoms. The Morgan fingerprint density at radius 1 is 1.05 bits per heavy atom. The van der Waals surface area contributed by atoms with Crippen molar-refractivity contribution in [3.8, 4) is 17.0 Å². The lowest BCUT2D eigenvalue weighted by molar-refractivity contribution is -0.0431. The lowest BCUT2D eigenvalue weighted by atomic mass is 9.81. The van der Waals surface area contributed by atoms with E-state index in [1.807, 2.05) is 18.2 Å². The number of nitrogens with zero attached hydrogens (tertiary/aromatic N) is 2. The fourth-order valence-corrected chi connectivity index (χ4v) is 7.52. The van der Waals surface area contributed by atoms with E-state index in [0.29, 0.717) is 37.2 Å². The maximum atomic E-state index is 12.1. The summed E-state index contributed by atoms with van der Waals surface area (Å²) in [6.45, 7) is 6.41. The van der Waals surface area contributed by atoms with E-state index in [0.717, 1.165) is 56.1 Å². The summed E-state index contributed by atoms with van der Waals surface area (Å²) in [6.07, 6.45) is 7.01. The van der Waals surface area contributed by atoms with Gasteiger partial charge in [0.15, 0.2) is 0 Å². The lowest BCUT2D eigenvalue weighted by Crippen LogP contribution is -2.42. The van der Waals surface area contributed by atoms with Crippen molar-refractivity contribution in [2.24, 2.45) is 5.92 Å². The zero-order valence-electron chi connectivity index (χ0n) is 22.6. The highest BCUT2D eigenvalue weighted by molar-refractivity contribution is 5.98. The molecule has 2 saturated heterocycles. The van der Waals surface area contributed by atoms with Crippen LogP contribution >= 0.6 is 0 Å². The third kappa shape index (κ3) is 4.64. The van der Waals surface area contributed by atoms with Crippen molar-refractivity contribution in [3.63, 3.8) is 0 Å². The topological polar surface area (TPSA) is 73.2 Å². The smallest absolute Gasteiger partial charge is 0.335 e. The van der Waals surface area contributed by atoms with E-state index in [9.17, 15) is 9.90 Å². The van der Waals surface area contributed by atoms with Gasteiger partial charge in [-0.3, -0.25) is 4.90 Å². The van der Waals surface area contributed by atoms with Gasteiger partial charge in [-0.05, 0) is 60.9 Å². The predicted octanol–water partition coefficient (Wildman–Crippen LogP) is 5.55. The molecule has 2 atom stereocenters. The SMILES string of the molecule is O=C(O)c1ccc2c(C3CCCCC3)c3n(c2c1)C[C@]1(COc2ccccc2-3)C[C@H](CN2CCOCC2)CO1. The van der Waals surface area contributed by atoms with Crippen LogP contribution < -0.4 is 4.74 Å². The molecule has 4 heterocycles. The summed E-state index contributed by atoms with van der Waals surface area (Å²) in [5.41, 5.74) is 4.52. The molecule has 3 aliphatic heterocycles. The molecular formula is C32H38N2O5. The molecule has 7 heteroatoms. The minimum absolute atomic E-state index is 0.330. The third-order valence-corrected chi connectivity index (χ3v) is 9.35. The molecule has 1 aliphatic carbocycles. The second kappa shape index (κ2) is 10.3. The van der Waals surface area contributed by atoms with Crippen molar-refractivity contribution in [2.75, 3.05) is 46.1 Å². The van der Waals surface area contributed by atoms with Crippen LogP contribution in [0.5, 0.6) is 5.75 Å². The molecule has 3 aromatic rings. The van der Waals surface area contributed by atoms with Gasteiger partial charge >= 0.3 is 5.97 Å². The quantitative estimate of drug-likeness (QED) is 0.477. The monoisotopic (exact) mass is 530 g/mol. The molecule has 7 rings (SSSR count). The van der Waals surface area contributed by atoms with Crippen molar-refractivity contribution in [2.45, 2.75) is 56.6 Å². The van der Waals surface area contributed by atoms with Gasteiger partial charge in [-0.1, -0.05) is 37.5 Å². The Bertz CT molecular complexity index is 1370. The largest absolute Gasteiger partial charge is 0.490 e. The highest BCUT2D eigenvalue weighted by Crippen LogP contribution is 2.48. The Morgan fingerprint density at radius 3 is 2.69 bits per heavy atom. The molecule has 7 nitrogen and oxygen atoms in total. The minimum atomic E-state index is -0.890. The summed E-state index contributed by atoms with van der Waals surface area (Å²) >= 11 is 0. The van der Waals surface area contributed by atoms with Gasteiger partial charge in [0.2, 0.25) is 0 Å². The van der Waals surface area contributed by atoms with Crippen LogP contribution in [-0.4, -0.2) is 72.2 Å². The number of carboxylic acids is 1. The second-order valence-corrected chi connectivity index (χ2v) is 12.0. The standard InChI is InChI=1S/C32H38N2O5/c35-31(36)24-10-11-25-27(16-24)34-20-32(17-22(19-39-32)18-33-12-14-37-15-13-33)21-38-28-9-5-4-8-26(28)30(34)29(25)23-6-2-1-3-7-23/h4-5,8-11,16,22-23H,1-3,6-7,12-15,17-21H2,(H,35,36)/t22-,32+/m1/s1. The maximum absolute atomic E-state index is 12.1. The fourth-order valence-electron chi connectivity index (χ4n) is 7.52. The summed E-state index contributed by atoms with van der Waals surface area (Å²) < 4.78 is 21.3. The first-order valence-electron chi connectivity index (χ1n) is 14.7. The number of morpholine rings is 1. The molecule has 0 radical (unpaired) electrons. The van der Waals surface area contributed by atoms with E-state index in [-0.39, 0.29) is 0 Å². The van der Waals surface area contributed by atoms with Crippen molar-refractivity contribution in [1.82, 2.24) is 9.47 Å². The number of hydrogen-bond donors (Lipinski definition) is 1. The van der Waals surface area contributed by atoms with Crippen LogP contribution in [0.15, 0.2) is 42.5 Å². The zero-order chi connectivity index (χ0) is 26.4. The molecule has 1 N–H and O–H groups in total. The summed E-state index contributed by atoms with van der Waals surface area (Å²) in [4.78, 5) is 14.5. The molecule has 4 aliphatic rings. The molecule has 0 unspecified atom stereocenters. The van der Waals surface area contributed by atoms with Crippen molar-refractivity contribution >= 4 is 16.9 Å². The van der Waals surface area contributed by atoms with Crippen LogP contribution in [-0.2, 0) is 16.0 Å². The molecule has 0 amide bonds. The Balaban J connectivity index is 1.36. The number of fused-ring (bicyclic) bond motifs is 5. The van der Waals surface area contributed by atoms with Gasteiger partial charge in [0, 0.05) is 36.1 Å².